The molecule has 3 heterocycles. The van der Waals surface area contributed by atoms with E-state index in [0.717, 1.165) is 51.9 Å². The fourth-order valence-electron chi connectivity index (χ4n) is 4.08. The topological polar surface area (TPSA) is 58.6 Å². The lowest BCUT2D eigenvalue weighted by atomic mass is 9.98. The fraction of sp³-hybridized carbons (Fsp3) is 0.476. The Balaban J connectivity index is 1.24. The third-order valence-electron chi connectivity index (χ3n) is 5.66. The number of hydrogen-bond acceptors (Lipinski definition) is 5. The van der Waals surface area contributed by atoms with E-state index in [9.17, 15) is 9.18 Å². The van der Waals surface area contributed by atoms with Gasteiger partial charge in [-0.25, -0.2) is 9.37 Å². The smallest absolute Gasteiger partial charge is 0.274 e. The number of ether oxygens (including phenoxy) is 1. The highest BCUT2D eigenvalue weighted by Crippen LogP contribution is 2.25. The molecule has 0 radical (unpaired) electrons. The van der Waals surface area contributed by atoms with E-state index in [1.807, 2.05) is 4.90 Å². The second kappa shape index (κ2) is 8.65. The number of amides is 1. The Labute approximate surface area is 164 Å². The van der Waals surface area contributed by atoms with E-state index >= 15 is 0 Å². The minimum absolute atomic E-state index is 0.0384. The van der Waals surface area contributed by atoms with Crippen molar-refractivity contribution in [3.05, 3.63) is 54.4 Å². The molecule has 148 valence electrons. The maximum atomic E-state index is 13.8. The molecular formula is C21H25FN4O2. The van der Waals surface area contributed by atoms with E-state index in [-0.39, 0.29) is 17.8 Å². The molecule has 0 bridgehead atoms. The Morgan fingerprint density at radius 1 is 1.04 bits per heavy atom. The van der Waals surface area contributed by atoms with Crippen LogP contribution in [0.3, 0.4) is 0 Å². The van der Waals surface area contributed by atoms with Crippen LogP contribution in [0.25, 0.3) is 0 Å². The normalized spacial score (nSPS) is 19.5. The van der Waals surface area contributed by atoms with Crippen LogP contribution in [0, 0.1) is 5.82 Å². The summed E-state index contributed by atoms with van der Waals surface area (Å²) in [7, 11) is 0. The van der Waals surface area contributed by atoms with Gasteiger partial charge in [0.05, 0.1) is 6.20 Å². The highest BCUT2D eigenvalue weighted by atomic mass is 19.1. The lowest BCUT2D eigenvalue weighted by Crippen LogP contribution is -2.50. The van der Waals surface area contributed by atoms with Crippen LogP contribution in [-0.4, -0.2) is 64.0 Å². The SMILES string of the molecule is O=C(c1cnccn1)N1CCC(N2CCC(Oc3ccccc3F)CC2)CC1. The number of para-hydroxylation sites is 1. The van der Waals surface area contributed by atoms with Gasteiger partial charge in [-0.3, -0.25) is 14.7 Å². The molecule has 2 saturated heterocycles. The number of likely N-dealkylation sites (tertiary alicyclic amines) is 2. The van der Waals surface area contributed by atoms with Gasteiger partial charge in [0.15, 0.2) is 11.6 Å². The van der Waals surface area contributed by atoms with Crippen molar-refractivity contribution in [2.45, 2.75) is 37.8 Å². The third-order valence-corrected chi connectivity index (χ3v) is 5.66. The van der Waals surface area contributed by atoms with Crippen molar-refractivity contribution in [2.24, 2.45) is 0 Å². The highest BCUT2D eigenvalue weighted by Gasteiger charge is 2.31. The fourth-order valence-corrected chi connectivity index (χ4v) is 4.08. The molecule has 0 N–H and O–H groups in total. The summed E-state index contributed by atoms with van der Waals surface area (Å²) in [4.78, 5) is 24.9. The highest BCUT2D eigenvalue weighted by molar-refractivity contribution is 5.92. The van der Waals surface area contributed by atoms with Crippen LogP contribution in [0.1, 0.15) is 36.2 Å². The van der Waals surface area contributed by atoms with Crippen molar-refractivity contribution in [1.29, 1.82) is 0 Å². The number of rotatable bonds is 4. The molecule has 7 heteroatoms. The van der Waals surface area contributed by atoms with E-state index in [2.05, 4.69) is 14.9 Å². The Morgan fingerprint density at radius 3 is 2.46 bits per heavy atom. The van der Waals surface area contributed by atoms with E-state index in [1.165, 1.54) is 12.3 Å². The molecule has 1 aromatic heterocycles. The summed E-state index contributed by atoms with van der Waals surface area (Å²) >= 11 is 0. The number of halogens is 1. The first-order chi connectivity index (χ1) is 13.7. The molecule has 0 spiro atoms. The first kappa shape index (κ1) is 18.8. The van der Waals surface area contributed by atoms with Crippen molar-refractivity contribution in [2.75, 3.05) is 26.2 Å². The van der Waals surface area contributed by atoms with E-state index in [1.54, 1.807) is 30.6 Å². The van der Waals surface area contributed by atoms with Crippen molar-refractivity contribution in [3.63, 3.8) is 0 Å². The van der Waals surface area contributed by atoms with Crippen LogP contribution in [0.5, 0.6) is 5.75 Å². The van der Waals surface area contributed by atoms with Crippen LogP contribution in [0.15, 0.2) is 42.9 Å². The lowest BCUT2D eigenvalue weighted by molar-refractivity contribution is 0.0413. The van der Waals surface area contributed by atoms with Crippen LogP contribution >= 0.6 is 0 Å². The van der Waals surface area contributed by atoms with Gasteiger partial charge in [-0.05, 0) is 37.8 Å². The van der Waals surface area contributed by atoms with Crippen LogP contribution < -0.4 is 4.74 Å². The van der Waals surface area contributed by atoms with Crippen LogP contribution in [-0.2, 0) is 0 Å². The predicted octanol–water partition coefficient (Wildman–Crippen LogP) is 2.76. The molecule has 2 aliphatic heterocycles. The number of aromatic nitrogens is 2. The van der Waals surface area contributed by atoms with Crippen LogP contribution in [0.2, 0.25) is 0 Å². The first-order valence-corrected chi connectivity index (χ1v) is 9.91. The zero-order chi connectivity index (χ0) is 19.3. The van der Waals surface area contributed by atoms with Crippen molar-refractivity contribution in [3.8, 4) is 5.75 Å². The Bertz CT molecular complexity index is 788. The molecule has 2 aromatic rings. The zero-order valence-electron chi connectivity index (χ0n) is 15.8. The summed E-state index contributed by atoms with van der Waals surface area (Å²) in [5.74, 6) is 0.00500. The van der Waals surface area contributed by atoms with Crippen molar-refractivity contribution < 1.29 is 13.9 Å². The second-order valence-corrected chi connectivity index (χ2v) is 7.40. The molecule has 28 heavy (non-hydrogen) atoms. The zero-order valence-corrected chi connectivity index (χ0v) is 15.8. The Kier molecular flexibility index (Phi) is 5.81. The summed E-state index contributed by atoms with van der Waals surface area (Å²) < 4.78 is 19.6. The third kappa shape index (κ3) is 4.30. The number of carbonyl (C=O) groups excluding carboxylic acids is 1. The standard InChI is InChI=1S/C21H25FN4O2/c22-18-3-1-2-4-20(18)28-17-7-13-25(14-8-17)16-5-11-26(12-6-16)21(27)19-15-23-9-10-24-19/h1-4,9-10,15-17H,5-8,11-14H2. The molecule has 1 aromatic carbocycles. The van der Waals surface area contributed by atoms with Crippen molar-refractivity contribution in [1.82, 2.24) is 19.8 Å². The maximum Gasteiger partial charge on any atom is 0.274 e. The molecule has 0 unspecified atom stereocenters. The van der Waals surface area contributed by atoms with Gasteiger partial charge < -0.3 is 9.64 Å². The summed E-state index contributed by atoms with van der Waals surface area (Å²) in [5.41, 5.74) is 0.409. The Hall–Kier alpha value is -2.54. The summed E-state index contributed by atoms with van der Waals surface area (Å²) in [6.07, 6.45) is 8.42. The molecular weight excluding hydrogens is 359 g/mol. The Morgan fingerprint density at radius 2 is 1.79 bits per heavy atom. The van der Waals surface area contributed by atoms with Crippen LogP contribution in [0.4, 0.5) is 4.39 Å². The average Bonchev–Trinajstić information content (AvgIpc) is 2.76. The lowest BCUT2D eigenvalue weighted by Gasteiger charge is -2.41. The molecule has 6 nitrogen and oxygen atoms in total. The molecule has 0 saturated carbocycles. The van der Waals surface area contributed by atoms with E-state index < -0.39 is 0 Å². The summed E-state index contributed by atoms with van der Waals surface area (Å²) in [5, 5.41) is 0. The van der Waals surface area contributed by atoms with Gasteiger partial charge >= 0.3 is 0 Å². The quantitative estimate of drug-likeness (QED) is 0.811. The molecule has 4 rings (SSSR count). The number of piperidine rings is 2. The van der Waals surface area contributed by atoms with E-state index in [0.29, 0.717) is 17.5 Å². The minimum atomic E-state index is -0.301. The molecule has 2 fully saturated rings. The number of hydrogen-bond donors (Lipinski definition) is 0. The number of carbonyl (C=O) groups is 1. The van der Waals surface area contributed by atoms with Gasteiger partial charge in [0.25, 0.3) is 5.91 Å². The molecule has 1 amide bonds. The van der Waals surface area contributed by atoms with E-state index in [4.69, 9.17) is 4.74 Å². The summed E-state index contributed by atoms with van der Waals surface area (Å²) in [6, 6.07) is 7.07. The minimum Gasteiger partial charge on any atom is -0.487 e. The predicted molar refractivity (Wildman–Crippen MR) is 103 cm³/mol. The molecule has 0 atom stereocenters. The molecule has 0 aliphatic carbocycles. The maximum absolute atomic E-state index is 13.8. The van der Waals surface area contributed by atoms with Gasteiger partial charge in [0.2, 0.25) is 0 Å². The molecule has 2 aliphatic rings. The number of benzene rings is 1. The monoisotopic (exact) mass is 384 g/mol. The largest absolute Gasteiger partial charge is 0.487 e. The second-order valence-electron chi connectivity index (χ2n) is 7.40. The van der Waals surface area contributed by atoms with Gasteiger partial charge in [-0.2, -0.15) is 0 Å². The van der Waals surface area contributed by atoms with Gasteiger partial charge in [-0.1, -0.05) is 12.1 Å². The number of nitrogens with zero attached hydrogens (tertiary/aromatic N) is 4. The van der Waals surface area contributed by atoms with Gasteiger partial charge in [-0.15, -0.1) is 0 Å². The van der Waals surface area contributed by atoms with Gasteiger partial charge in [0, 0.05) is 44.6 Å². The first-order valence-electron chi connectivity index (χ1n) is 9.91. The summed E-state index contributed by atoms with van der Waals surface area (Å²) in [6.45, 7) is 3.38. The van der Waals surface area contributed by atoms with Crippen molar-refractivity contribution >= 4 is 5.91 Å². The van der Waals surface area contributed by atoms with Gasteiger partial charge in [0.1, 0.15) is 11.8 Å². The average molecular weight is 384 g/mol.